The van der Waals surface area contributed by atoms with E-state index in [1.54, 1.807) is 0 Å². The fourth-order valence-corrected chi connectivity index (χ4v) is 4.25. The van der Waals surface area contributed by atoms with Gasteiger partial charge in [-0.15, -0.1) is 0 Å². The molecule has 33 heavy (non-hydrogen) atoms. The van der Waals surface area contributed by atoms with Gasteiger partial charge in [-0.25, -0.2) is 17.7 Å². The number of anilines is 1. The number of thiazole rings is 1. The topological polar surface area (TPSA) is 230 Å². The average Bonchev–Trinajstić information content (AvgIpc) is 3.11. The van der Waals surface area contributed by atoms with Gasteiger partial charge in [-0.05, 0) is 6.92 Å². The second-order valence-electron chi connectivity index (χ2n) is 6.42. The zero-order chi connectivity index (χ0) is 23.8. The molecule has 18 heteroatoms. The number of nitrogens with one attached hydrogen (secondary N) is 1. The summed E-state index contributed by atoms with van der Waals surface area (Å²) in [6, 6.07) is -1.55. The van der Waals surface area contributed by atoms with Gasteiger partial charge in [-0.1, -0.05) is 16.5 Å². The Balaban J connectivity index is 0.00000385. The summed E-state index contributed by atoms with van der Waals surface area (Å²) in [5.41, 5.74) is 4.26. The van der Waals surface area contributed by atoms with E-state index in [0.717, 1.165) is 23.6 Å². The third-order valence-corrected chi connectivity index (χ3v) is 6.12. The molecule has 1 saturated heterocycles. The number of hydrogen-bond acceptors (Lipinski definition) is 13. The van der Waals surface area contributed by atoms with Gasteiger partial charge in [0.15, 0.2) is 33.5 Å². The first-order valence-electron chi connectivity index (χ1n) is 8.55. The summed E-state index contributed by atoms with van der Waals surface area (Å²) in [6.07, 6.45) is 1.94. The molecule has 3 heterocycles. The Morgan fingerprint density at radius 1 is 1.45 bits per heavy atom. The van der Waals surface area contributed by atoms with Gasteiger partial charge in [-0.2, -0.15) is 4.73 Å². The maximum atomic E-state index is 12.7. The number of nitrogen functional groups attached to an aromatic ring is 1. The van der Waals surface area contributed by atoms with E-state index in [0.29, 0.717) is 4.73 Å². The van der Waals surface area contributed by atoms with Crippen LogP contribution in [-0.2, 0) is 31.3 Å². The van der Waals surface area contributed by atoms with Crippen LogP contribution in [-0.4, -0.2) is 66.9 Å². The third-order valence-electron chi connectivity index (χ3n) is 4.29. The fourth-order valence-electron chi connectivity index (χ4n) is 2.72. The number of aromatic nitrogens is 2. The normalized spacial score (nSPS) is 18.3. The Bertz CT molecular complexity index is 1270. The summed E-state index contributed by atoms with van der Waals surface area (Å²) >= 11 is 0.853. The molecule has 2 atom stereocenters. The Morgan fingerprint density at radius 2 is 2.12 bits per heavy atom. The molecule has 1 fully saturated rings. The SMILES string of the molecule is C[C@H]1[C@H](NC(=O)/C(=N\OCc2cc(=O)c(O)cn2O)c2cnc(N)s2)C(=O)N1S(=O)(=O)[O-].[Na+]. The number of oxime groups is 1. The fraction of sp³-hybridized carbons (Fsp3) is 0.267. The number of carbonyl (C=O) groups excluding carboxylic acids is 2. The van der Waals surface area contributed by atoms with E-state index in [2.05, 4.69) is 15.5 Å². The molecule has 0 saturated carbocycles. The zero-order valence-corrected chi connectivity index (χ0v) is 20.7. The molecule has 2 aromatic heterocycles. The third kappa shape index (κ3) is 5.63. The smallest absolute Gasteiger partial charge is 0.731 e. The maximum absolute atomic E-state index is 12.7. The number of pyridine rings is 1. The van der Waals surface area contributed by atoms with Crippen molar-refractivity contribution in [3.05, 3.63) is 39.3 Å². The maximum Gasteiger partial charge on any atom is 1.00 e. The van der Waals surface area contributed by atoms with Crippen molar-refractivity contribution in [1.82, 2.24) is 19.3 Å². The molecular weight excluding hydrogens is 495 g/mol. The summed E-state index contributed by atoms with van der Waals surface area (Å²) in [5, 5.41) is 24.9. The number of β-lactam (4-membered cyclic amide) rings is 1. The number of aromatic hydroxyl groups is 1. The molecule has 0 radical (unpaired) electrons. The van der Waals surface area contributed by atoms with Gasteiger partial charge in [-0.3, -0.25) is 14.4 Å². The van der Waals surface area contributed by atoms with Crippen LogP contribution in [0.3, 0.4) is 0 Å². The van der Waals surface area contributed by atoms with Crippen molar-refractivity contribution in [1.29, 1.82) is 0 Å². The van der Waals surface area contributed by atoms with Gasteiger partial charge in [0.25, 0.3) is 11.8 Å². The predicted octanol–water partition coefficient (Wildman–Crippen LogP) is -5.07. The second-order valence-corrected chi connectivity index (χ2v) is 8.73. The number of nitrogens with zero attached hydrogens (tertiary/aromatic N) is 4. The van der Waals surface area contributed by atoms with Crippen LogP contribution in [0.15, 0.2) is 28.4 Å². The summed E-state index contributed by atoms with van der Waals surface area (Å²) in [5.74, 6) is -2.78. The largest absolute Gasteiger partial charge is 1.00 e. The Hall–Kier alpha value is -2.70. The number of hydrogen-bond donors (Lipinski definition) is 4. The van der Waals surface area contributed by atoms with Crippen molar-refractivity contribution in [2.24, 2.45) is 5.16 Å². The van der Waals surface area contributed by atoms with Gasteiger partial charge < -0.3 is 30.8 Å². The molecule has 0 aromatic carbocycles. The van der Waals surface area contributed by atoms with Crippen molar-refractivity contribution in [2.75, 3.05) is 5.73 Å². The number of rotatable bonds is 7. The van der Waals surface area contributed by atoms with E-state index < -0.39 is 57.7 Å². The number of nitrogens with two attached hydrogens (primary N) is 1. The van der Waals surface area contributed by atoms with Crippen LogP contribution in [0.2, 0.25) is 0 Å². The van der Waals surface area contributed by atoms with Crippen LogP contribution in [0.4, 0.5) is 5.13 Å². The van der Waals surface area contributed by atoms with E-state index in [9.17, 15) is 37.7 Å². The van der Waals surface area contributed by atoms with Crippen LogP contribution in [0.1, 0.15) is 17.5 Å². The van der Waals surface area contributed by atoms with E-state index in [-0.39, 0.29) is 49.6 Å². The second kappa shape index (κ2) is 10.1. The van der Waals surface area contributed by atoms with Crippen LogP contribution in [0.5, 0.6) is 5.75 Å². The standard InChI is InChI=1S/C15H16N6O9S2.Na/c1-6-11(14(25)21(6)32(27,28)29)18-13(24)12(10-3-17-15(16)31-10)19-30-5-7-2-8(22)9(23)4-20(7)26;/h2-4,6,11,23,26H,5H2,1H3,(H2,16,17)(H,18,24)(H,27,28,29);/q;+1/p-1/b19-12-;/t6-,11-;/m0./s1. The first kappa shape index (κ1) is 26.6. The molecule has 1 aliphatic rings. The van der Waals surface area contributed by atoms with Crippen LogP contribution in [0.25, 0.3) is 0 Å². The monoisotopic (exact) mass is 510 g/mol. The molecule has 2 amide bonds. The van der Waals surface area contributed by atoms with Gasteiger partial charge >= 0.3 is 29.6 Å². The van der Waals surface area contributed by atoms with Gasteiger partial charge in [0.1, 0.15) is 11.7 Å². The zero-order valence-electron chi connectivity index (χ0n) is 17.0. The number of carbonyl (C=O) groups is 2. The summed E-state index contributed by atoms with van der Waals surface area (Å²) in [7, 11) is -5.02. The molecule has 0 spiro atoms. The predicted molar refractivity (Wildman–Crippen MR) is 105 cm³/mol. The van der Waals surface area contributed by atoms with E-state index in [1.165, 1.54) is 13.1 Å². The first-order chi connectivity index (χ1) is 14.9. The van der Waals surface area contributed by atoms with Crippen LogP contribution >= 0.6 is 11.3 Å². The first-order valence-corrected chi connectivity index (χ1v) is 10.7. The van der Waals surface area contributed by atoms with Crippen molar-refractivity contribution in [3.63, 3.8) is 0 Å². The molecule has 3 rings (SSSR count). The molecule has 0 unspecified atom stereocenters. The van der Waals surface area contributed by atoms with E-state index in [1.807, 2.05) is 0 Å². The minimum atomic E-state index is -5.02. The van der Waals surface area contributed by atoms with Crippen molar-refractivity contribution in [2.45, 2.75) is 25.6 Å². The summed E-state index contributed by atoms with van der Waals surface area (Å²) in [6.45, 7) is 0.753. The van der Waals surface area contributed by atoms with Gasteiger partial charge in [0.2, 0.25) is 5.43 Å². The molecule has 5 N–H and O–H groups in total. The Kier molecular flexibility index (Phi) is 8.09. The van der Waals surface area contributed by atoms with Gasteiger partial charge in [0.05, 0.1) is 17.1 Å². The summed E-state index contributed by atoms with van der Waals surface area (Å²) < 4.78 is 33.8. The average molecular weight is 510 g/mol. The van der Waals surface area contributed by atoms with Crippen LogP contribution < -0.4 is 46.0 Å². The minimum Gasteiger partial charge on any atom is -0.731 e. The Morgan fingerprint density at radius 3 is 2.67 bits per heavy atom. The quantitative estimate of drug-likeness (QED) is 0.0687. The molecule has 172 valence electrons. The molecule has 15 nitrogen and oxygen atoms in total. The number of amides is 2. The molecule has 0 aliphatic carbocycles. The minimum absolute atomic E-state index is 0. The van der Waals surface area contributed by atoms with E-state index >= 15 is 0 Å². The molecule has 2 aromatic rings. The summed E-state index contributed by atoms with van der Waals surface area (Å²) in [4.78, 5) is 45.1. The van der Waals surface area contributed by atoms with Gasteiger partial charge in [0, 0.05) is 12.3 Å². The van der Waals surface area contributed by atoms with Crippen molar-refractivity contribution >= 4 is 44.3 Å². The van der Waals surface area contributed by atoms with Crippen LogP contribution in [0, 0.1) is 0 Å². The molecule has 1 aliphatic heterocycles. The van der Waals surface area contributed by atoms with Crippen molar-refractivity contribution < 1.29 is 67.3 Å². The van der Waals surface area contributed by atoms with Crippen molar-refractivity contribution in [3.8, 4) is 5.75 Å². The Labute approximate surface area is 211 Å². The molecule has 0 bridgehead atoms. The van der Waals surface area contributed by atoms with E-state index in [4.69, 9.17) is 10.6 Å². The molecular formula is C15H15N6NaO9S2.